The molecule has 20 heavy (non-hydrogen) atoms. The fourth-order valence-electron chi connectivity index (χ4n) is 3.00. The molecular weight excluding hydrogens is 268 g/mol. The van der Waals surface area contributed by atoms with E-state index in [9.17, 15) is 0 Å². The number of thioether (sulfide) groups is 1. The number of nitrogen functional groups attached to an aromatic ring is 1. The molecule has 2 aromatic rings. The molecule has 2 atom stereocenters. The summed E-state index contributed by atoms with van der Waals surface area (Å²) in [6, 6.07) is 4.48. The van der Waals surface area contributed by atoms with E-state index in [0.29, 0.717) is 11.9 Å². The third kappa shape index (κ3) is 2.54. The monoisotopic (exact) mass is 288 g/mol. The molecule has 2 unspecified atom stereocenters. The molecular formula is C15H20N4S. The molecule has 2 N–H and O–H groups in total. The number of nitrogens with two attached hydrogens (primary N) is 1. The predicted octanol–water partition coefficient (Wildman–Crippen LogP) is 3.37. The maximum absolute atomic E-state index is 6.00. The SMILES string of the molecule is CCSC1CCC(n2cncc2-c2cccnc2N)C1. The summed E-state index contributed by atoms with van der Waals surface area (Å²) in [7, 11) is 0. The Morgan fingerprint density at radius 3 is 3.15 bits per heavy atom. The second-order valence-electron chi connectivity index (χ2n) is 5.17. The van der Waals surface area contributed by atoms with Gasteiger partial charge in [0.15, 0.2) is 0 Å². The summed E-state index contributed by atoms with van der Waals surface area (Å²) in [6.45, 7) is 2.23. The van der Waals surface area contributed by atoms with E-state index < -0.39 is 0 Å². The minimum atomic E-state index is 0.538. The van der Waals surface area contributed by atoms with Gasteiger partial charge in [0.2, 0.25) is 0 Å². The van der Waals surface area contributed by atoms with Gasteiger partial charge >= 0.3 is 0 Å². The Bertz CT molecular complexity index is 581. The van der Waals surface area contributed by atoms with Crippen LogP contribution in [0.2, 0.25) is 0 Å². The lowest BCUT2D eigenvalue weighted by Crippen LogP contribution is -2.07. The quantitative estimate of drug-likeness (QED) is 0.937. The van der Waals surface area contributed by atoms with E-state index >= 15 is 0 Å². The topological polar surface area (TPSA) is 56.7 Å². The van der Waals surface area contributed by atoms with Crippen LogP contribution in [0.5, 0.6) is 0 Å². The standard InChI is InChI=1S/C15H20N4S/c1-2-20-12-6-5-11(8-12)19-10-17-9-14(19)13-4-3-7-18-15(13)16/h3-4,7,9-12H,2,5-6,8H2,1H3,(H2,16,18). The van der Waals surface area contributed by atoms with Crippen LogP contribution in [0.3, 0.4) is 0 Å². The zero-order valence-corrected chi connectivity index (χ0v) is 12.5. The van der Waals surface area contributed by atoms with E-state index in [-0.39, 0.29) is 0 Å². The van der Waals surface area contributed by atoms with E-state index in [0.717, 1.165) is 16.5 Å². The smallest absolute Gasteiger partial charge is 0.132 e. The van der Waals surface area contributed by atoms with Crippen LogP contribution in [-0.4, -0.2) is 25.5 Å². The molecule has 4 nitrogen and oxygen atoms in total. The van der Waals surface area contributed by atoms with Crippen molar-refractivity contribution < 1.29 is 0 Å². The van der Waals surface area contributed by atoms with Gasteiger partial charge in [0.05, 0.1) is 18.2 Å². The number of pyridine rings is 1. The van der Waals surface area contributed by atoms with Gasteiger partial charge in [-0.15, -0.1) is 0 Å². The van der Waals surface area contributed by atoms with E-state index in [4.69, 9.17) is 5.73 Å². The molecule has 2 aromatic heterocycles. The molecule has 0 bridgehead atoms. The largest absolute Gasteiger partial charge is 0.383 e. The number of rotatable bonds is 4. The molecule has 0 aliphatic heterocycles. The molecule has 2 heterocycles. The van der Waals surface area contributed by atoms with E-state index in [1.54, 1.807) is 6.20 Å². The van der Waals surface area contributed by atoms with Crippen molar-refractivity contribution in [1.82, 2.24) is 14.5 Å². The highest BCUT2D eigenvalue weighted by atomic mass is 32.2. The van der Waals surface area contributed by atoms with Crippen LogP contribution in [0, 0.1) is 0 Å². The molecule has 1 fully saturated rings. The van der Waals surface area contributed by atoms with Crippen molar-refractivity contribution in [2.24, 2.45) is 0 Å². The molecule has 1 aliphatic rings. The fourth-order valence-corrected chi connectivity index (χ4v) is 4.13. The van der Waals surface area contributed by atoms with Crippen molar-refractivity contribution in [2.45, 2.75) is 37.5 Å². The Morgan fingerprint density at radius 2 is 2.35 bits per heavy atom. The molecule has 106 valence electrons. The number of nitrogens with zero attached hydrogens (tertiary/aromatic N) is 3. The van der Waals surface area contributed by atoms with E-state index in [2.05, 4.69) is 33.2 Å². The first-order valence-corrected chi connectivity index (χ1v) is 8.18. The molecule has 1 aliphatic carbocycles. The average Bonchev–Trinajstić information content (AvgIpc) is 3.08. The molecule has 5 heteroatoms. The van der Waals surface area contributed by atoms with Gasteiger partial charge in [-0.25, -0.2) is 9.97 Å². The zero-order valence-electron chi connectivity index (χ0n) is 11.7. The lowest BCUT2D eigenvalue weighted by atomic mass is 10.1. The summed E-state index contributed by atoms with van der Waals surface area (Å²) in [5.74, 6) is 1.77. The van der Waals surface area contributed by atoms with Crippen LogP contribution in [0.15, 0.2) is 30.9 Å². The maximum atomic E-state index is 6.00. The van der Waals surface area contributed by atoms with Gasteiger partial charge in [0.1, 0.15) is 5.82 Å². The normalized spacial score (nSPS) is 22.2. The Kier molecular flexibility index (Phi) is 3.96. The second-order valence-corrected chi connectivity index (χ2v) is 6.74. The first kappa shape index (κ1) is 13.5. The minimum absolute atomic E-state index is 0.538. The summed E-state index contributed by atoms with van der Waals surface area (Å²) in [5.41, 5.74) is 8.07. The number of anilines is 1. The van der Waals surface area contributed by atoms with Gasteiger partial charge in [-0.2, -0.15) is 11.8 Å². The van der Waals surface area contributed by atoms with E-state index in [1.165, 1.54) is 25.0 Å². The Morgan fingerprint density at radius 1 is 1.45 bits per heavy atom. The highest BCUT2D eigenvalue weighted by Gasteiger charge is 2.27. The number of imidazole rings is 1. The zero-order chi connectivity index (χ0) is 13.9. The Balaban J connectivity index is 1.86. The Hall–Kier alpha value is -1.49. The van der Waals surface area contributed by atoms with Crippen LogP contribution >= 0.6 is 11.8 Å². The average molecular weight is 288 g/mol. The fraction of sp³-hybridized carbons (Fsp3) is 0.467. The van der Waals surface area contributed by atoms with Gasteiger partial charge in [0, 0.05) is 23.1 Å². The van der Waals surface area contributed by atoms with Gasteiger partial charge in [-0.05, 0) is 37.1 Å². The number of hydrogen-bond donors (Lipinski definition) is 1. The van der Waals surface area contributed by atoms with Crippen molar-refractivity contribution in [3.63, 3.8) is 0 Å². The van der Waals surface area contributed by atoms with Crippen LogP contribution < -0.4 is 5.73 Å². The predicted molar refractivity (Wildman–Crippen MR) is 84.7 cm³/mol. The van der Waals surface area contributed by atoms with Crippen molar-refractivity contribution in [3.05, 3.63) is 30.9 Å². The van der Waals surface area contributed by atoms with Crippen molar-refractivity contribution in [2.75, 3.05) is 11.5 Å². The van der Waals surface area contributed by atoms with Crippen LogP contribution in [0.4, 0.5) is 5.82 Å². The highest BCUT2D eigenvalue weighted by molar-refractivity contribution is 7.99. The van der Waals surface area contributed by atoms with Gasteiger partial charge in [0.25, 0.3) is 0 Å². The van der Waals surface area contributed by atoms with Crippen molar-refractivity contribution in [3.8, 4) is 11.3 Å². The van der Waals surface area contributed by atoms with Crippen molar-refractivity contribution >= 4 is 17.6 Å². The van der Waals surface area contributed by atoms with Crippen LogP contribution in [-0.2, 0) is 0 Å². The molecule has 0 spiro atoms. The summed E-state index contributed by atoms with van der Waals surface area (Å²) >= 11 is 2.07. The maximum Gasteiger partial charge on any atom is 0.132 e. The number of hydrogen-bond acceptors (Lipinski definition) is 4. The van der Waals surface area contributed by atoms with Crippen molar-refractivity contribution in [1.29, 1.82) is 0 Å². The molecule has 3 rings (SSSR count). The minimum Gasteiger partial charge on any atom is -0.383 e. The lowest BCUT2D eigenvalue weighted by molar-refractivity contribution is 0.524. The number of aromatic nitrogens is 3. The molecule has 0 amide bonds. The summed E-state index contributed by atoms with van der Waals surface area (Å²) in [5, 5.41) is 0.784. The first-order chi connectivity index (χ1) is 9.79. The summed E-state index contributed by atoms with van der Waals surface area (Å²) < 4.78 is 2.28. The van der Waals surface area contributed by atoms with Gasteiger partial charge < -0.3 is 10.3 Å². The third-order valence-electron chi connectivity index (χ3n) is 3.93. The van der Waals surface area contributed by atoms with Gasteiger partial charge in [-0.3, -0.25) is 0 Å². The van der Waals surface area contributed by atoms with Crippen LogP contribution in [0.1, 0.15) is 32.2 Å². The highest BCUT2D eigenvalue weighted by Crippen LogP contribution is 2.39. The molecule has 0 saturated heterocycles. The third-order valence-corrected chi connectivity index (χ3v) is 5.17. The van der Waals surface area contributed by atoms with Gasteiger partial charge in [-0.1, -0.05) is 6.92 Å². The molecule has 0 radical (unpaired) electrons. The molecule has 0 aromatic carbocycles. The van der Waals surface area contributed by atoms with E-state index in [1.807, 2.05) is 24.7 Å². The molecule has 1 saturated carbocycles. The Labute approximate surface area is 123 Å². The lowest BCUT2D eigenvalue weighted by Gasteiger charge is -2.16. The summed E-state index contributed by atoms with van der Waals surface area (Å²) in [6.07, 6.45) is 9.30. The first-order valence-electron chi connectivity index (χ1n) is 7.14. The summed E-state index contributed by atoms with van der Waals surface area (Å²) in [4.78, 5) is 8.51. The van der Waals surface area contributed by atoms with Crippen LogP contribution in [0.25, 0.3) is 11.3 Å². The second kappa shape index (κ2) is 5.87.